The Morgan fingerprint density at radius 3 is 2.58 bits per heavy atom. The molecular weight excluding hydrogens is 410 g/mol. The predicted octanol–water partition coefficient (Wildman–Crippen LogP) is 4.92. The van der Waals surface area contributed by atoms with Gasteiger partial charge >= 0.3 is 5.97 Å². The number of aromatic nitrogens is 1. The maximum absolute atomic E-state index is 12.2. The van der Waals surface area contributed by atoms with E-state index in [0.29, 0.717) is 18.1 Å². The van der Waals surface area contributed by atoms with Crippen molar-refractivity contribution < 1.29 is 9.90 Å². The molecule has 4 aromatic rings. The van der Waals surface area contributed by atoms with Crippen LogP contribution >= 0.6 is 11.6 Å². The summed E-state index contributed by atoms with van der Waals surface area (Å²) in [5.41, 5.74) is 2.97. The van der Waals surface area contributed by atoms with Gasteiger partial charge in [-0.2, -0.15) is 0 Å². The summed E-state index contributed by atoms with van der Waals surface area (Å²) in [6.07, 6.45) is 1.81. The van der Waals surface area contributed by atoms with Crippen molar-refractivity contribution in [2.75, 3.05) is 26.2 Å². The Bertz CT molecular complexity index is 1240. The van der Waals surface area contributed by atoms with Crippen LogP contribution in [0.1, 0.15) is 17.2 Å². The van der Waals surface area contributed by atoms with Crippen molar-refractivity contribution in [1.82, 2.24) is 14.8 Å². The van der Waals surface area contributed by atoms with E-state index < -0.39 is 12.0 Å². The number of benzene rings is 3. The van der Waals surface area contributed by atoms with Gasteiger partial charge in [-0.05, 0) is 28.5 Å². The molecule has 1 unspecified atom stereocenters. The molecule has 5 rings (SSSR count). The SMILES string of the molecule is O=C(O)C(c1c[nH]c2cc(Cl)ccc12)N1CCN(Cc2cccc3ccccc23)CC1. The van der Waals surface area contributed by atoms with Crippen LogP contribution in [-0.4, -0.2) is 52.0 Å². The van der Waals surface area contributed by atoms with Gasteiger partial charge in [-0.25, -0.2) is 0 Å². The molecule has 1 atom stereocenters. The lowest BCUT2D eigenvalue weighted by Crippen LogP contribution is -2.48. The number of halogens is 1. The van der Waals surface area contributed by atoms with Crippen LogP contribution in [-0.2, 0) is 11.3 Å². The van der Waals surface area contributed by atoms with E-state index in [1.54, 1.807) is 0 Å². The highest BCUT2D eigenvalue weighted by Gasteiger charge is 2.32. The fraction of sp³-hybridized carbons (Fsp3) is 0.240. The molecule has 6 heteroatoms. The first-order valence-corrected chi connectivity index (χ1v) is 10.9. The van der Waals surface area contributed by atoms with Crippen molar-refractivity contribution in [3.63, 3.8) is 0 Å². The standard InChI is InChI=1S/C25H24ClN3O2/c26-19-8-9-21-22(15-27-23(21)14-19)24(25(30)31)29-12-10-28(11-13-29)16-18-6-3-5-17-4-1-2-7-20(17)18/h1-9,14-15,24,27H,10-13,16H2,(H,30,31). The second-order valence-corrected chi connectivity index (χ2v) is 8.56. The molecule has 5 nitrogen and oxygen atoms in total. The summed E-state index contributed by atoms with van der Waals surface area (Å²) in [5.74, 6) is -0.821. The molecule has 0 aliphatic carbocycles. The third-order valence-corrected chi connectivity index (χ3v) is 6.49. The Labute approximate surface area is 185 Å². The van der Waals surface area contributed by atoms with Gasteiger partial charge in [-0.15, -0.1) is 0 Å². The van der Waals surface area contributed by atoms with Gasteiger partial charge in [0.25, 0.3) is 0 Å². The Kier molecular flexibility index (Phi) is 5.40. The fourth-order valence-corrected chi connectivity index (χ4v) is 4.86. The van der Waals surface area contributed by atoms with Gasteiger partial charge in [0.1, 0.15) is 6.04 Å². The van der Waals surface area contributed by atoms with E-state index >= 15 is 0 Å². The van der Waals surface area contributed by atoms with E-state index in [-0.39, 0.29) is 0 Å². The van der Waals surface area contributed by atoms with Crippen LogP contribution < -0.4 is 0 Å². The second kappa shape index (κ2) is 8.35. The van der Waals surface area contributed by atoms with Crippen LogP contribution in [0.3, 0.4) is 0 Å². The number of aromatic amines is 1. The molecule has 2 N–H and O–H groups in total. The highest BCUT2D eigenvalue weighted by atomic mass is 35.5. The first kappa shape index (κ1) is 20.1. The lowest BCUT2D eigenvalue weighted by Gasteiger charge is -2.37. The highest BCUT2D eigenvalue weighted by Crippen LogP contribution is 2.31. The van der Waals surface area contributed by atoms with Gasteiger partial charge in [0, 0.05) is 60.4 Å². The highest BCUT2D eigenvalue weighted by molar-refractivity contribution is 6.31. The lowest BCUT2D eigenvalue weighted by atomic mass is 10.0. The number of nitrogens with zero attached hydrogens (tertiary/aromatic N) is 2. The maximum Gasteiger partial charge on any atom is 0.325 e. The van der Waals surface area contributed by atoms with Gasteiger partial charge < -0.3 is 10.1 Å². The molecule has 0 saturated carbocycles. The van der Waals surface area contributed by atoms with Crippen molar-refractivity contribution >= 4 is 39.2 Å². The zero-order chi connectivity index (χ0) is 21.4. The number of nitrogens with one attached hydrogen (secondary N) is 1. The molecule has 1 fully saturated rings. The largest absolute Gasteiger partial charge is 0.480 e. The minimum atomic E-state index is -0.821. The number of piperazine rings is 1. The van der Waals surface area contributed by atoms with Crippen LogP contribution in [0, 0.1) is 0 Å². The zero-order valence-electron chi connectivity index (χ0n) is 17.1. The quantitative estimate of drug-likeness (QED) is 0.469. The maximum atomic E-state index is 12.2. The summed E-state index contributed by atoms with van der Waals surface area (Å²) in [6.45, 7) is 3.96. The summed E-state index contributed by atoms with van der Waals surface area (Å²) in [5, 5.41) is 14.1. The molecule has 1 aliphatic heterocycles. The van der Waals surface area contributed by atoms with Crippen LogP contribution in [0.2, 0.25) is 5.02 Å². The number of H-pyrrole nitrogens is 1. The number of aliphatic carboxylic acids is 1. The Morgan fingerprint density at radius 2 is 1.77 bits per heavy atom. The normalized spacial score (nSPS) is 16.7. The third kappa shape index (κ3) is 3.92. The number of fused-ring (bicyclic) bond motifs is 2. The lowest BCUT2D eigenvalue weighted by molar-refractivity contribution is -0.144. The zero-order valence-corrected chi connectivity index (χ0v) is 17.8. The fourth-order valence-electron chi connectivity index (χ4n) is 4.68. The molecule has 0 bridgehead atoms. The first-order valence-electron chi connectivity index (χ1n) is 10.5. The van der Waals surface area contributed by atoms with Crippen molar-refractivity contribution in [2.45, 2.75) is 12.6 Å². The number of carboxylic acid groups (broad SMARTS) is 1. The second-order valence-electron chi connectivity index (χ2n) is 8.13. The average molecular weight is 434 g/mol. The topological polar surface area (TPSA) is 59.6 Å². The predicted molar refractivity (Wildman–Crippen MR) is 124 cm³/mol. The van der Waals surface area contributed by atoms with Gasteiger partial charge in [0.2, 0.25) is 0 Å². The number of carbonyl (C=O) groups is 1. The van der Waals surface area contributed by atoms with Crippen LogP contribution in [0.4, 0.5) is 0 Å². The van der Waals surface area contributed by atoms with Gasteiger partial charge in [-0.3, -0.25) is 14.6 Å². The average Bonchev–Trinajstić information content (AvgIpc) is 3.18. The minimum absolute atomic E-state index is 0.634. The molecule has 1 aliphatic rings. The number of rotatable bonds is 5. The van der Waals surface area contributed by atoms with E-state index in [9.17, 15) is 9.90 Å². The molecule has 1 saturated heterocycles. The van der Waals surface area contributed by atoms with Crippen molar-refractivity contribution in [3.05, 3.63) is 83.0 Å². The molecule has 158 valence electrons. The van der Waals surface area contributed by atoms with Crippen LogP contribution in [0.5, 0.6) is 0 Å². The minimum Gasteiger partial charge on any atom is -0.480 e. The summed E-state index contributed by atoms with van der Waals surface area (Å²) >= 11 is 6.09. The first-order chi connectivity index (χ1) is 15.1. The Hall–Kier alpha value is -2.86. The van der Waals surface area contributed by atoms with Gasteiger partial charge in [0.05, 0.1) is 0 Å². The van der Waals surface area contributed by atoms with E-state index in [1.165, 1.54) is 16.3 Å². The van der Waals surface area contributed by atoms with Crippen molar-refractivity contribution in [2.24, 2.45) is 0 Å². The molecule has 3 aromatic carbocycles. The van der Waals surface area contributed by atoms with Crippen LogP contribution in [0.15, 0.2) is 66.9 Å². The molecule has 31 heavy (non-hydrogen) atoms. The summed E-state index contributed by atoms with van der Waals surface area (Å²) < 4.78 is 0. The number of carboxylic acids is 1. The van der Waals surface area contributed by atoms with Gasteiger partial charge in [-0.1, -0.05) is 60.1 Å². The van der Waals surface area contributed by atoms with E-state index in [1.807, 2.05) is 24.4 Å². The van der Waals surface area contributed by atoms with E-state index in [2.05, 4.69) is 57.2 Å². The molecular formula is C25H24ClN3O2. The molecule has 1 aromatic heterocycles. The van der Waals surface area contributed by atoms with E-state index in [4.69, 9.17) is 11.6 Å². The van der Waals surface area contributed by atoms with E-state index in [0.717, 1.165) is 36.1 Å². The summed E-state index contributed by atoms with van der Waals surface area (Å²) in [7, 11) is 0. The summed E-state index contributed by atoms with van der Waals surface area (Å²) in [6, 6.07) is 19.8. The number of hydrogen-bond donors (Lipinski definition) is 2. The van der Waals surface area contributed by atoms with Gasteiger partial charge in [0.15, 0.2) is 0 Å². The number of hydrogen-bond acceptors (Lipinski definition) is 3. The summed E-state index contributed by atoms with van der Waals surface area (Å²) in [4.78, 5) is 19.9. The monoisotopic (exact) mass is 433 g/mol. The molecule has 2 heterocycles. The Morgan fingerprint density at radius 1 is 1.00 bits per heavy atom. The van der Waals surface area contributed by atoms with Crippen molar-refractivity contribution in [1.29, 1.82) is 0 Å². The molecule has 0 radical (unpaired) electrons. The Balaban J connectivity index is 1.33. The molecule has 0 spiro atoms. The third-order valence-electron chi connectivity index (χ3n) is 6.25. The molecule has 0 amide bonds. The smallest absolute Gasteiger partial charge is 0.325 e. The van der Waals surface area contributed by atoms with Crippen molar-refractivity contribution in [3.8, 4) is 0 Å². The van der Waals surface area contributed by atoms with Crippen LogP contribution in [0.25, 0.3) is 21.7 Å².